The van der Waals surface area contributed by atoms with Crippen LogP contribution >= 0.6 is 15.9 Å². The van der Waals surface area contributed by atoms with Gasteiger partial charge in [-0.3, -0.25) is 9.59 Å². The monoisotopic (exact) mass is 312 g/mol. The molecule has 0 saturated heterocycles. The van der Waals surface area contributed by atoms with E-state index in [1.807, 2.05) is 24.3 Å². The van der Waals surface area contributed by atoms with Crippen LogP contribution in [0.4, 0.5) is 0 Å². The number of rotatable bonds is 7. The Morgan fingerprint density at radius 3 is 2.67 bits per heavy atom. The number of hydrogen-bond acceptors (Lipinski definition) is 3. The predicted octanol–water partition coefficient (Wildman–Crippen LogP) is 3.29. The molecule has 0 heterocycles. The van der Waals surface area contributed by atoms with Crippen molar-refractivity contribution in [2.24, 2.45) is 0 Å². The third kappa shape index (κ3) is 5.96. The molecule has 0 aromatic heterocycles. The highest BCUT2D eigenvalue weighted by Crippen LogP contribution is 2.13. The van der Waals surface area contributed by atoms with E-state index in [9.17, 15) is 9.59 Å². The van der Waals surface area contributed by atoms with Gasteiger partial charge in [-0.05, 0) is 31.0 Å². The Labute approximate surface area is 116 Å². The molecule has 0 spiro atoms. The smallest absolute Gasteiger partial charge is 0.306 e. The van der Waals surface area contributed by atoms with Crippen molar-refractivity contribution in [3.8, 4) is 0 Å². The van der Waals surface area contributed by atoms with E-state index >= 15 is 0 Å². The van der Waals surface area contributed by atoms with E-state index in [1.165, 1.54) is 0 Å². The molecule has 0 aliphatic carbocycles. The van der Waals surface area contributed by atoms with E-state index in [2.05, 4.69) is 15.9 Å². The SMILES string of the molecule is CCOC(=O)CCC(=O)CCc1cccc(Br)c1. The Balaban J connectivity index is 2.27. The number of halogens is 1. The van der Waals surface area contributed by atoms with Crippen LogP contribution < -0.4 is 0 Å². The molecule has 4 heteroatoms. The summed E-state index contributed by atoms with van der Waals surface area (Å²) >= 11 is 3.39. The van der Waals surface area contributed by atoms with E-state index in [-0.39, 0.29) is 24.6 Å². The summed E-state index contributed by atoms with van der Waals surface area (Å²) in [6, 6.07) is 7.89. The second kappa shape index (κ2) is 8.03. The Bertz CT molecular complexity index is 415. The summed E-state index contributed by atoms with van der Waals surface area (Å²) in [5, 5.41) is 0. The van der Waals surface area contributed by atoms with Crippen LogP contribution in [0.15, 0.2) is 28.7 Å². The van der Waals surface area contributed by atoms with Gasteiger partial charge in [-0.1, -0.05) is 28.1 Å². The van der Waals surface area contributed by atoms with Gasteiger partial charge in [0.05, 0.1) is 13.0 Å². The van der Waals surface area contributed by atoms with Gasteiger partial charge >= 0.3 is 5.97 Å². The second-order valence-electron chi connectivity index (χ2n) is 3.97. The summed E-state index contributed by atoms with van der Waals surface area (Å²) in [4.78, 5) is 22.7. The van der Waals surface area contributed by atoms with Gasteiger partial charge in [0.2, 0.25) is 0 Å². The van der Waals surface area contributed by atoms with Crippen LogP contribution in [0.2, 0.25) is 0 Å². The van der Waals surface area contributed by atoms with E-state index in [1.54, 1.807) is 6.92 Å². The minimum absolute atomic E-state index is 0.100. The number of ether oxygens (including phenoxy) is 1. The molecule has 1 rings (SSSR count). The van der Waals surface area contributed by atoms with Gasteiger partial charge < -0.3 is 4.74 Å². The lowest BCUT2D eigenvalue weighted by Crippen LogP contribution is -2.08. The molecular weight excluding hydrogens is 296 g/mol. The first-order valence-electron chi connectivity index (χ1n) is 6.03. The van der Waals surface area contributed by atoms with Crippen LogP contribution in [0.5, 0.6) is 0 Å². The van der Waals surface area contributed by atoms with Crippen LogP contribution in [0.1, 0.15) is 31.7 Å². The average molecular weight is 313 g/mol. The van der Waals surface area contributed by atoms with Crippen LogP contribution in [-0.4, -0.2) is 18.4 Å². The van der Waals surface area contributed by atoms with E-state index < -0.39 is 0 Å². The fraction of sp³-hybridized carbons (Fsp3) is 0.429. The van der Waals surface area contributed by atoms with Crippen molar-refractivity contribution in [1.82, 2.24) is 0 Å². The minimum Gasteiger partial charge on any atom is -0.466 e. The third-order valence-corrected chi connectivity index (χ3v) is 2.99. The standard InChI is InChI=1S/C14H17BrO3/c1-2-18-14(17)9-8-13(16)7-6-11-4-3-5-12(15)10-11/h3-5,10H,2,6-9H2,1H3. The van der Waals surface area contributed by atoms with Crippen molar-refractivity contribution in [3.63, 3.8) is 0 Å². The second-order valence-corrected chi connectivity index (χ2v) is 4.89. The molecule has 0 unspecified atom stereocenters. The van der Waals surface area contributed by atoms with Gasteiger partial charge in [0.25, 0.3) is 0 Å². The summed E-state index contributed by atoms with van der Waals surface area (Å²) in [6.45, 7) is 2.12. The quantitative estimate of drug-likeness (QED) is 0.726. The van der Waals surface area contributed by atoms with Crippen LogP contribution in [0.25, 0.3) is 0 Å². The fourth-order valence-corrected chi connectivity index (χ4v) is 2.02. The highest BCUT2D eigenvalue weighted by atomic mass is 79.9. The van der Waals surface area contributed by atoms with Gasteiger partial charge in [0, 0.05) is 17.3 Å². The molecule has 98 valence electrons. The predicted molar refractivity (Wildman–Crippen MR) is 73.3 cm³/mol. The van der Waals surface area contributed by atoms with Gasteiger partial charge in [-0.2, -0.15) is 0 Å². The maximum absolute atomic E-state index is 11.6. The molecular formula is C14H17BrO3. The first kappa shape index (κ1) is 14.9. The normalized spacial score (nSPS) is 10.1. The number of esters is 1. The number of Topliss-reactive ketones (excluding diaryl/α,β-unsaturated/α-hetero) is 1. The summed E-state index contributed by atoms with van der Waals surface area (Å²) in [7, 11) is 0. The summed E-state index contributed by atoms with van der Waals surface area (Å²) in [5.41, 5.74) is 1.12. The van der Waals surface area contributed by atoms with Gasteiger partial charge in [-0.15, -0.1) is 0 Å². The van der Waals surface area contributed by atoms with Crippen molar-refractivity contribution in [2.45, 2.75) is 32.6 Å². The van der Waals surface area contributed by atoms with Crippen LogP contribution in [-0.2, 0) is 20.7 Å². The number of aryl methyl sites for hydroxylation is 1. The first-order chi connectivity index (χ1) is 8.61. The third-order valence-electron chi connectivity index (χ3n) is 2.49. The maximum Gasteiger partial charge on any atom is 0.306 e. The molecule has 0 saturated carbocycles. The van der Waals surface area contributed by atoms with Gasteiger partial charge in [0.15, 0.2) is 0 Å². The Hall–Kier alpha value is -1.16. The molecule has 0 bridgehead atoms. The highest BCUT2D eigenvalue weighted by Gasteiger charge is 2.07. The summed E-state index contributed by atoms with van der Waals surface area (Å²) < 4.78 is 5.79. The molecule has 0 aliphatic rings. The van der Waals surface area contributed by atoms with Crippen molar-refractivity contribution >= 4 is 27.7 Å². The molecule has 0 radical (unpaired) electrons. The molecule has 1 aromatic carbocycles. The fourth-order valence-electron chi connectivity index (χ4n) is 1.58. The minimum atomic E-state index is -0.298. The van der Waals surface area contributed by atoms with Crippen molar-refractivity contribution < 1.29 is 14.3 Å². The molecule has 3 nitrogen and oxygen atoms in total. The van der Waals surface area contributed by atoms with Crippen molar-refractivity contribution in [2.75, 3.05) is 6.61 Å². The van der Waals surface area contributed by atoms with Crippen molar-refractivity contribution in [3.05, 3.63) is 34.3 Å². The molecule has 0 aliphatic heterocycles. The van der Waals surface area contributed by atoms with E-state index in [0.717, 1.165) is 10.0 Å². The van der Waals surface area contributed by atoms with Gasteiger partial charge in [-0.25, -0.2) is 0 Å². The van der Waals surface area contributed by atoms with Gasteiger partial charge in [0.1, 0.15) is 5.78 Å². The largest absolute Gasteiger partial charge is 0.466 e. The molecule has 0 atom stereocenters. The molecule has 0 amide bonds. The topological polar surface area (TPSA) is 43.4 Å². The van der Waals surface area contributed by atoms with Crippen molar-refractivity contribution in [1.29, 1.82) is 0 Å². The average Bonchev–Trinajstić information content (AvgIpc) is 2.34. The molecule has 1 aromatic rings. The molecule has 18 heavy (non-hydrogen) atoms. The number of carbonyl (C=O) groups excluding carboxylic acids is 2. The zero-order valence-electron chi connectivity index (χ0n) is 10.4. The van der Waals surface area contributed by atoms with E-state index in [4.69, 9.17) is 4.74 Å². The van der Waals surface area contributed by atoms with Crippen LogP contribution in [0, 0.1) is 0 Å². The number of benzene rings is 1. The van der Waals surface area contributed by atoms with E-state index in [0.29, 0.717) is 19.4 Å². The lowest BCUT2D eigenvalue weighted by atomic mass is 10.1. The highest BCUT2D eigenvalue weighted by molar-refractivity contribution is 9.10. The van der Waals surface area contributed by atoms with Crippen LogP contribution in [0.3, 0.4) is 0 Å². The Morgan fingerprint density at radius 2 is 2.00 bits per heavy atom. The molecule has 0 fully saturated rings. The number of hydrogen-bond donors (Lipinski definition) is 0. The zero-order chi connectivity index (χ0) is 13.4. The summed E-state index contributed by atoms with van der Waals surface area (Å²) in [5.74, 6) is -0.198. The Morgan fingerprint density at radius 1 is 1.22 bits per heavy atom. The molecule has 0 N–H and O–H groups in total. The Kier molecular flexibility index (Phi) is 6.65. The summed E-state index contributed by atoms with van der Waals surface area (Å²) in [6.07, 6.45) is 1.63. The first-order valence-corrected chi connectivity index (χ1v) is 6.83. The maximum atomic E-state index is 11.6. The lowest BCUT2D eigenvalue weighted by molar-refractivity contribution is -0.144. The lowest BCUT2D eigenvalue weighted by Gasteiger charge is -2.03. The number of carbonyl (C=O) groups is 2. The zero-order valence-corrected chi connectivity index (χ0v) is 12.0. The number of ketones is 1.